The molecule has 0 saturated heterocycles. The Hall–Kier alpha value is -2.53. The topological polar surface area (TPSA) is 67.4 Å². The van der Waals surface area contributed by atoms with Gasteiger partial charge in [0.15, 0.2) is 6.61 Å². The fourth-order valence-electron chi connectivity index (χ4n) is 1.94. The first-order valence-corrected chi connectivity index (χ1v) is 7.53. The lowest BCUT2D eigenvalue weighted by molar-refractivity contribution is -0.122. The van der Waals surface area contributed by atoms with E-state index in [1.54, 1.807) is 19.1 Å². The molecule has 0 spiro atoms. The first-order chi connectivity index (χ1) is 11.1. The summed E-state index contributed by atoms with van der Waals surface area (Å²) in [5.74, 6) is -0.156. The molecule has 2 rings (SSSR count). The molecule has 120 valence electrons. The zero-order chi connectivity index (χ0) is 16.7. The Labute approximate surface area is 139 Å². The van der Waals surface area contributed by atoms with Crippen molar-refractivity contribution >= 4 is 23.5 Å². The van der Waals surface area contributed by atoms with E-state index in [9.17, 15) is 9.59 Å². The molecule has 2 N–H and O–H groups in total. The number of hydrogen-bond acceptors (Lipinski definition) is 3. The van der Waals surface area contributed by atoms with Gasteiger partial charge in [0, 0.05) is 6.54 Å². The van der Waals surface area contributed by atoms with Crippen molar-refractivity contribution in [2.24, 2.45) is 0 Å². The van der Waals surface area contributed by atoms with Crippen molar-refractivity contribution in [3.63, 3.8) is 0 Å². The molecule has 6 heteroatoms. The molecular formula is C17H17ClN2O3. The van der Waals surface area contributed by atoms with Crippen LogP contribution in [0.3, 0.4) is 0 Å². The minimum atomic E-state index is -0.549. The van der Waals surface area contributed by atoms with Crippen LogP contribution in [0.15, 0.2) is 48.5 Å². The third-order valence-corrected chi connectivity index (χ3v) is 3.28. The van der Waals surface area contributed by atoms with Gasteiger partial charge in [-0.1, -0.05) is 48.0 Å². The Bertz CT molecular complexity index is 689. The van der Waals surface area contributed by atoms with Crippen molar-refractivity contribution in [1.29, 1.82) is 0 Å². The number of urea groups is 1. The Balaban J connectivity index is 1.96. The molecule has 2 aromatic rings. The van der Waals surface area contributed by atoms with E-state index in [0.29, 0.717) is 17.3 Å². The van der Waals surface area contributed by atoms with Crippen LogP contribution in [-0.4, -0.2) is 25.1 Å². The van der Waals surface area contributed by atoms with Crippen molar-refractivity contribution in [2.75, 3.05) is 13.2 Å². The van der Waals surface area contributed by atoms with Gasteiger partial charge in [-0.3, -0.25) is 10.1 Å². The second kappa shape index (κ2) is 8.19. The smallest absolute Gasteiger partial charge is 0.321 e. The van der Waals surface area contributed by atoms with Gasteiger partial charge < -0.3 is 10.1 Å². The third-order valence-electron chi connectivity index (χ3n) is 2.99. The van der Waals surface area contributed by atoms with Gasteiger partial charge in [0.25, 0.3) is 5.91 Å². The van der Waals surface area contributed by atoms with Crippen LogP contribution in [0.1, 0.15) is 6.92 Å². The van der Waals surface area contributed by atoms with E-state index in [0.717, 1.165) is 11.1 Å². The minimum Gasteiger partial charge on any atom is -0.482 e. The van der Waals surface area contributed by atoms with E-state index < -0.39 is 11.9 Å². The molecule has 5 nitrogen and oxygen atoms in total. The molecule has 0 fully saturated rings. The fraction of sp³-hybridized carbons (Fsp3) is 0.176. The van der Waals surface area contributed by atoms with E-state index >= 15 is 0 Å². The number of carbonyl (C=O) groups is 2. The molecular weight excluding hydrogens is 316 g/mol. The monoisotopic (exact) mass is 332 g/mol. The van der Waals surface area contributed by atoms with E-state index in [1.807, 2.05) is 36.4 Å². The first kappa shape index (κ1) is 16.8. The van der Waals surface area contributed by atoms with Crippen LogP contribution in [0.2, 0.25) is 5.02 Å². The van der Waals surface area contributed by atoms with E-state index in [-0.39, 0.29) is 6.61 Å². The number of nitrogens with one attached hydrogen (secondary N) is 2. The molecule has 2 aromatic carbocycles. The number of halogens is 1. The van der Waals surface area contributed by atoms with Gasteiger partial charge in [0.1, 0.15) is 5.75 Å². The summed E-state index contributed by atoms with van der Waals surface area (Å²) in [6, 6.07) is 14.6. The van der Waals surface area contributed by atoms with Gasteiger partial charge in [0.05, 0.1) is 5.02 Å². The standard InChI is InChI=1S/C17H17ClN2O3/c1-2-19-17(22)20-16(21)11-23-15-9-8-13(10-14(15)18)12-6-4-3-5-7-12/h3-10H,2,11H2,1H3,(H2,19,20,21,22). The van der Waals surface area contributed by atoms with E-state index in [2.05, 4.69) is 10.6 Å². The predicted octanol–water partition coefficient (Wildman–Crippen LogP) is 3.23. The second-order valence-corrected chi connectivity index (χ2v) is 5.11. The van der Waals surface area contributed by atoms with Gasteiger partial charge in [-0.2, -0.15) is 0 Å². The number of rotatable bonds is 5. The maximum atomic E-state index is 11.6. The Morgan fingerprint density at radius 1 is 1.09 bits per heavy atom. The molecule has 0 radical (unpaired) electrons. The maximum Gasteiger partial charge on any atom is 0.321 e. The number of hydrogen-bond donors (Lipinski definition) is 2. The molecule has 0 unspecified atom stereocenters. The van der Waals surface area contributed by atoms with Crippen molar-refractivity contribution in [3.05, 3.63) is 53.6 Å². The Morgan fingerprint density at radius 3 is 2.48 bits per heavy atom. The average molecular weight is 333 g/mol. The molecule has 0 saturated carbocycles. The number of benzene rings is 2. The molecule has 0 aromatic heterocycles. The number of imide groups is 1. The summed E-state index contributed by atoms with van der Waals surface area (Å²) < 4.78 is 5.34. The molecule has 0 aliphatic rings. The third kappa shape index (κ3) is 5.00. The Morgan fingerprint density at radius 2 is 1.83 bits per heavy atom. The average Bonchev–Trinajstić information content (AvgIpc) is 2.54. The zero-order valence-corrected chi connectivity index (χ0v) is 13.4. The van der Waals surface area contributed by atoms with Gasteiger partial charge in [-0.05, 0) is 30.2 Å². The van der Waals surface area contributed by atoms with Crippen LogP contribution in [0.5, 0.6) is 5.75 Å². The highest BCUT2D eigenvalue weighted by atomic mass is 35.5. The highest BCUT2D eigenvalue weighted by Crippen LogP contribution is 2.30. The number of amides is 3. The van der Waals surface area contributed by atoms with Gasteiger partial charge >= 0.3 is 6.03 Å². The van der Waals surface area contributed by atoms with Gasteiger partial charge in [0.2, 0.25) is 0 Å². The first-order valence-electron chi connectivity index (χ1n) is 7.15. The van der Waals surface area contributed by atoms with Crippen molar-refractivity contribution in [3.8, 4) is 16.9 Å². The van der Waals surface area contributed by atoms with Crippen LogP contribution >= 0.6 is 11.6 Å². The Kier molecular flexibility index (Phi) is 6.00. The SMILES string of the molecule is CCNC(=O)NC(=O)COc1ccc(-c2ccccc2)cc1Cl. The molecule has 3 amide bonds. The summed E-state index contributed by atoms with van der Waals surface area (Å²) in [6.45, 7) is 1.91. The summed E-state index contributed by atoms with van der Waals surface area (Å²) >= 11 is 6.18. The normalized spacial score (nSPS) is 10.0. The quantitative estimate of drug-likeness (QED) is 0.883. The van der Waals surface area contributed by atoms with Crippen molar-refractivity contribution in [1.82, 2.24) is 10.6 Å². The molecule has 0 atom stereocenters. The second-order valence-electron chi connectivity index (χ2n) is 4.71. The summed E-state index contributed by atoms with van der Waals surface area (Å²) in [7, 11) is 0. The number of ether oxygens (including phenoxy) is 1. The minimum absolute atomic E-state index is 0.290. The fourth-order valence-corrected chi connectivity index (χ4v) is 2.17. The maximum absolute atomic E-state index is 11.6. The van der Waals surface area contributed by atoms with Crippen LogP contribution in [0, 0.1) is 0 Å². The van der Waals surface area contributed by atoms with Gasteiger partial charge in [-0.15, -0.1) is 0 Å². The van der Waals surface area contributed by atoms with E-state index in [1.165, 1.54) is 0 Å². The van der Waals surface area contributed by atoms with Crippen LogP contribution in [-0.2, 0) is 4.79 Å². The van der Waals surface area contributed by atoms with Crippen LogP contribution < -0.4 is 15.4 Å². The predicted molar refractivity (Wildman–Crippen MR) is 89.6 cm³/mol. The zero-order valence-electron chi connectivity index (χ0n) is 12.6. The summed E-state index contributed by atoms with van der Waals surface area (Å²) in [5, 5.41) is 5.01. The summed E-state index contributed by atoms with van der Waals surface area (Å²) in [6.07, 6.45) is 0. The lowest BCUT2D eigenvalue weighted by Crippen LogP contribution is -2.41. The van der Waals surface area contributed by atoms with Crippen LogP contribution in [0.4, 0.5) is 4.79 Å². The molecule has 0 aliphatic carbocycles. The van der Waals surface area contributed by atoms with Crippen LogP contribution in [0.25, 0.3) is 11.1 Å². The molecule has 0 bridgehead atoms. The lowest BCUT2D eigenvalue weighted by atomic mass is 10.1. The molecule has 23 heavy (non-hydrogen) atoms. The van der Waals surface area contributed by atoms with Crippen molar-refractivity contribution in [2.45, 2.75) is 6.92 Å². The van der Waals surface area contributed by atoms with E-state index in [4.69, 9.17) is 16.3 Å². The highest BCUT2D eigenvalue weighted by Gasteiger charge is 2.10. The number of carbonyl (C=O) groups excluding carboxylic acids is 2. The molecule has 0 aliphatic heterocycles. The lowest BCUT2D eigenvalue weighted by Gasteiger charge is -2.10. The highest BCUT2D eigenvalue weighted by molar-refractivity contribution is 6.32. The summed E-state index contributed by atoms with van der Waals surface area (Å²) in [5.41, 5.74) is 1.99. The molecule has 0 heterocycles. The van der Waals surface area contributed by atoms with Crippen molar-refractivity contribution < 1.29 is 14.3 Å². The largest absolute Gasteiger partial charge is 0.482 e. The summed E-state index contributed by atoms with van der Waals surface area (Å²) in [4.78, 5) is 22.8. The van der Waals surface area contributed by atoms with Gasteiger partial charge in [-0.25, -0.2) is 4.79 Å².